The Morgan fingerprint density at radius 2 is 2.06 bits per heavy atom. The van der Waals surface area contributed by atoms with Crippen LogP contribution < -0.4 is 4.74 Å². The van der Waals surface area contributed by atoms with Crippen LogP contribution >= 0.6 is 0 Å². The predicted molar refractivity (Wildman–Crippen MR) is 116 cm³/mol. The smallest absolute Gasteiger partial charge is 0.247 e. The lowest BCUT2D eigenvalue weighted by atomic mass is 9.87. The highest BCUT2D eigenvalue weighted by atomic mass is 16.5. The number of nitrogens with zero attached hydrogens (tertiary/aromatic N) is 3. The van der Waals surface area contributed by atoms with E-state index in [1.807, 2.05) is 31.2 Å². The molecule has 0 radical (unpaired) electrons. The first kappa shape index (κ1) is 20.5. The quantitative estimate of drug-likeness (QED) is 0.803. The maximum atomic E-state index is 12.8. The minimum Gasteiger partial charge on any atom is -0.485 e. The Labute approximate surface area is 186 Å². The van der Waals surface area contributed by atoms with E-state index in [-0.39, 0.29) is 17.7 Å². The van der Waals surface area contributed by atoms with Crippen LogP contribution in [0.2, 0.25) is 0 Å². The summed E-state index contributed by atoms with van der Waals surface area (Å²) < 4.78 is 12.3. The largest absolute Gasteiger partial charge is 0.485 e. The normalized spacial score (nSPS) is 27.4. The van der Waals surface area contributed by atoms with Gasteiger partial charge in [-0.1, -0.05) is 24.3 Å². The SMILES string of the molecule is Cc1ccccc1CN1N=C(O[C@@H]2c3cc(C#N)ccc3OC(C)(C)[C@H]2O)[C@H]2C[C@H]2C1=O. The Bertz CT molecular complexity index is 1170. The molecular weight excluding hydrogens is 406 g/mol. The molecule has 1 fully saturated rings. The van der Waals surface area contributed by atoms with Crippen molar-refractivity contribution in [1.82, 2.24) is 5.01 Å². The van der Waals surface area contributed by atoms with E-state index in [0.717, 1.165) is 11.1 Å². The molecule has 0 unspecified atom stereocenters. The molecule has 1 saturated carbocycles. The van der Waals surface area contributed by atoms with E-state index in [0.29, 0.717) is 35.7 Å². The van der Waals surface area contributed by atoms with Crippen molar-refractivity contribution in [2.75, 3.05) is 0 Å². The van der Waals surface area contributed by atoms with Crippen LogP contribution in [0.15, 0.2) is 47.6 Å². The first-order valence-corrected chi connectivity index (χ1v) is 10.8. The van der Waals surface area contributed by atoms with Gasteiger partial charge in [0, 0.05) is 11.5 Å². The topological polar surface area (TPSA) is 95.2 Å². The summed E-state index contributed by atoms with van der Waals surface area (Å²) in [7, 11) is 0. The lowest BCUT2D eigenvalue weighted by Crippen LogP contribution is -2.50. The molecule has 1 amide bonds. The van der Waals surface area contributed by atoms with E-state index in [1.54, 1.807) is 32.0 Å². The number of benzene rings is 2. The van der Waals surface area contributed by atoms with Crippen molar-refractivity contribution in [3.8, 4) is 11.8 Å². The highest BCUT2D eigenvalue weighted by molar-refractivity contribution is 5.96. The average Bonchev–Trinajstić information content (AvgIpc) is 3.57. The maximum absolute atomic E-state index is 12.8. The summed E-state index contributed by atoms with van der Waals surface area (Å²) in [6, 6.07) is 15.1. The molecule has 0 bridgehead atoms. The Balaban J connectivity index is 1.48. The van der Waals surface area contributed by atoms with Gasteiger partial charge in [0.25, 0.3) is 0 Å². The number of ether oxygens (including phenoxy) is 2. The number of hydrogen-bond acceptors (Lipinski definition) is 6. The Hall–Kier alpha value is -3.37. The number of rotatable bonds is 3. The molecule has 0 aromatic heterocycles. The summed E-state index contributed by atoms with van der Waals surface area (Å²) in [6.07, 6.45) is -1.04. The minimum atomic E-state index is -0.980. The molecule has 3 aliphatic rings. The second-order valence-electron chi connectivity index (χ2n) is 9.26. The zero-order chi connectivity index (χ0) is 22.6. The van der Waals surface area contributed by atoms with Crippen LogP contribution in [0.25, 0.3) is 0 Å². The first-order chi connectivity index (χ1) is 15.3. The van der Waals surface area contributed by atoms with Crippen molar-refractivity contribution in [2.24, 2.45) is 16.9 Å². The maximum Gasteiger partial charge on any atom is 0.247 e. The fourth-order valence-electron chi connectivity index (χ4n) is 4.42. The van der Waals surface area contributed by atoms with E-state index in [9.17, 15) is 15.2 Å². The summed E-state index contributed by atoms with van der Waals surface area (Å²) >= 11 is 0. The molecule has 32 heavy (non-hydrogen) atoms. The van der Waals surface area contributed by atoms with Crippen molar-refractivity contribution >= 4 is 11.8 Å². The molecular formula is C25H25N3O4. The van der Waals surface area contributed by atoms with Gasteiger partial charge >= 0.3 is 0 Å². The lowest BCUT2D eigenvalue weighted by molar-refractivity contribution is -0.135. The highest BCUT2D eigenvalue weighted by Crippen LogP contribution is 2.48. The predicted octanol–water partition coefficient (Wildman–Crippen LogP) is 3.45. The molecule has 4 atom stereocenters. The Morgan fingerprint density at radius 3 is 2.81 bits per heavy atom. The second-order valence-corrected chi connectivity index (χ2v) is 9.26. The van der Waals surface area contributed by atoms with Crippen LogP contribution in [0, 0.1) is 30.1 Å². The summed E-state index contributed by atoms with van der Waals surface area (Å²) in [5, 5.41) is 26.4. The van der Waals surface area contributed by atoms with E-state index < -0.39 is 17.8 Å². The number of carbonyl (C=O) groups is 1. The fraction of sp³-hybridized carbons (Fsp3) is 0.400. The van der Waals surface area contributed by atoms with E-state index >= 15 is 0 Å². The van der Waals surface area contributed by atoms with Crippen molar-refractivity contribution in [3.05, 3.63) is 64.7 Å². The van der Waals surface area contributed by atoms with Crippen LogP contribution in [0.4, 0.5) is 0 Å². The number of nitriles is 1. The molecule has 2 heterocycles. The molecule has 5 rings (SSSR count). The van der Waals surface area contributed by atoms with Gasteiger partial charge in [0.15, 0.2) is 6.10 Å². The molecule has 7 heteroatoms. The standard InChI is InChI=1S/C25H25N3O4/c1-14-6-4-5-7-16(14)13-28-24(30)18-11-17(18)23(27-28)31-21-19-10-15(12-26)8-9-20(19)32-25(2,3)22(21)29/h4-10,17-18,21-22,29H,11,13H2,1-3H3/t17-,18+,21+,22-/m0/s1. The molecule has 2 aromatic carbocycles. The van der Waals surface area contributed by atoms with Crippen LogP contribution in [0.3, 0.4) is 0 Å². The van der Waals surface area contributed by atoms with Crippen LogP contribution in [-0.2, 0) is 16.1 Å². The van der Waals surface area contributed by atoms with Gasteiger partial charge in [0.2, 0.25) is 11.8 Å². The zero-order valence-electron chi connectivity index (χ0n) is 18.3. The van der Waals surface area contributed by atoms with Gasteiger partial charge in [0.1, 0.15) is 17.5 Å². The third kappa shape index (κ3) is 3.41. The summed E-state index contributed by atoms with van der Waals surface area (Å²) in [5.41, 5.74) is 2.30. The monoisotopic (exact) mass is 431 g/mol. The van der Waals surface area contributed by atoms with Gasteiger partial charge in [-0.3, -0.25) is 4.79 Å². The first-order valence-electron chi connectivity index (χ1n) is 10.8. The van der Waals surface area contributed by atoms with E-state index in [4.69, 9.17) is 9.47 Å². The molecule has 2 aromatic rings. The average molecular weight is 431 g/mol. The summed E-state index contributed by atoms with van der Waals surface area (Å²) in [4.78, 5) is 12.8. The highest BCUT2D eigenvalue weighted by Gasteiger charge is 2.55. The van der Waals surface area contributed by atoms with Gasteiger partial charge in [0.05, 0.1) is 24.1 Å². The van der Waals surface area contributed by atoms with Crippen molar-refractivity contribution in [3.63, 3.8) is 0 Å². The second kappa shape index (κ2) is 7.35. The van der Waals surface area contributed by atoms with Crippen LogP contribution in [0.1, 0.15) is 48.6 Å². The Kier molecular flexibility index (Phi) is 4.72. The molecule has 164 valence electrons. The fourth-order valence-corrected chi connectivity index (χ4v) is 4.42. The van der Waals surface area contributed by atoms with Gasteiger partial charge < -0.3 is 14.6 Å². The Morgan fingerprint density at radius 1 is 1.28 bits per heavy atom. The minimum absolute atomic E-state index is 0.00521. The number of hydrogen-bond donors (Lipinski definition) is 1. The van der Waals surface area contributed by atoms with Crippen LogP contribution in [0.5, 0.6) is 5.75 Å². The molecule has 0 spiro atoms. The third-order valence-electron chi connectivity index (χ3n) is 6.55. The lowest BCUT2D eigenvalue weighted by Gasteiger charge is -2.42. The number of carbonyl (C=O) groups excluding carboxylic acids is 1. The summed E-state index contributed by atoms with van der Waals surface area (Å²) in [5.74, 6) is 0.822. The van der Waals surface area contributed by atoms with E-state index in [2.05, 4.69) is 11.2 Å². The molecule has 7 nitrogen and oxygen atoms in total. The molecule has 2 aliphatic heterocycles. The summed E-state index contributed by atoms with van der Waals surface area (Å²) in [6.45, 7) is 5.98. The van der Waals surface area contributed by atoms with E-state index in [1.165, 1.54) is 5.01 Å². The third-order valence-corrected chi connectivity index (χ3v) is 6.55. The van der Waals surface area contributed by atoms with Gasteiger partial charge in [-0.2, -0.15) is 5.26 Å². The number of aryl methyl sites for hydroxylation is 1. The van der Waals surface area contributed by atoms with Gasteiger partial charge in [-0.25, -0.2) is 5.01 Å². The number of aliphatic hydroxyl groups excluding tert-OH is 1. The molecule has 1 aliphatic carbocycles. The number of amides is 1. The molecule has 0 saturated heterocycles. The van der Waals surface area contributed by atoms with Crippen LogP contribution in [-0.4, -0.2) is 33.6 Å². The molecule has 1 N–H and O–H groups in total. The van der Waals surface area contributed by atoms with Gasteiger partial charge in [-0.15, -0.1) is 5.10 Å². The van der Waals surface area contributed by atoms with Crippen molar-refractivity contribution in [2.45, 2.75) is 51.5 Å². The van der Waals surface area contributed by atoms with Crippen molar-refractivity contribution in [1.29, 1.82) is 5.26 Å². The number of fused-ring (bicyclic) bond motifs is 2. The number of aliphatic hydroxyl groups is 1. The number of hydrazone groups is 1. The van der Waals surface area contributed by atoms with Crippen molar-refractivity contribution < 1.29 is 19.4 Å². The van der Waals surface area contributed by atoms with Gasteiger partial charge in [-0.05, 0) is 56.5 Å². The zero-order valence-corrected chi connectivity index (χ0v) is 18.3.